The summed E-state index contributed by atoms with van der Waals surface area (Å²) in [5.74, 6) is -0.935. The van der Waals surface area contributed by atoms with Crippen molar-refractivity contribution in [3.05, 3.63) is 29.3 Å². The number of carbonyl (C=O) groups is 1. The Hall–Kier alpha value is -1.55. The van der Waals surface area contributed by atoms with Crippen LogP contribution in [0.3, 0.4) is 0 Å². The molecule has 0 fully saturated rings. The lowest BCUT2D eigenvalue weighted by molar-refractivity contribution is -0.129. The van der Waals surface area contributed by atoms with Crippen molar-refractivity contribution >= 4 is 29.0 Å². The van der Waals surface area contributed by atoms with Gasteiger partial charge in [-0.15, -0.1) is 0 Å². The molecule has 1 heterocycles. The lowest BCUT2D eigenvalue weighted by Crippen LogP contribution is -2.22. The number of anilines is 1. The maximum absolute atomic E-state index is 10.7. The largest absolute Gasteiger partial charge is 0.477 e. The number of carboxylic acid groups (broad SMARTS) is 1. The number of aliphatic imine (C=N–C) groups is 1. The van der Waals surface area contributed by atoms with Gasteiger partial charge in [0.25, 0.3) is 0 Å². The number of nitrogens with zero attached hydrogens (tertiary/aromatic N) is 1. The smallest absolute Gasteiger partial charge is 0.349 e. The Morgan fingerprint density at radius 2 is 2.38 bits per heavy atom. The van der Waals surface area contributed by atoms with Gasteiger partial charge in [-0.3, -0.25) is 4.99 Å². The van der Waals surface area contributed by atoms with Gasteiger partial charge in [0.05, 0.1) is 12.6 Å². The van der Waals surface area contributed by atoms with Crippen molar-refractivity contribution in [1.29, 1.82) is 0 Å². The van der Waals surface area contributed by atoms with Crippen molar-refractivity contribution in [2.75, 3.05) is 11.9 Å². The summed E-state index contributed by atoms with van der Waals surface area (Å²) in [6.07, 6.45) is 0.446. The fourth-order valence-corrected chi connectivity index (χ4v) is 1.84. The van der Waals surface area contributed by atoms with Gasteiger partial charge in [0, 0.05) is 17.1 Å². The van der Waals surface area contributed by atoms with E-state index in [0.717, 1.165) is 5.69 Å². The second-order valence-electron chi connectivity index (χ2n) is 3.65. The van der Waals surface area contributed by atoms with Gasteiger partial charge in [-0.25, -0.2) is 4.79 Å². The molecule has 2 N–H and O–H groups in total. The zero-order valence-electron chi connectivity index (χ0n) is 8.48. The number of nitrogens with one attached hydrogen (secondary N) is 1. The molecule has 84 valence electrons. The molecule has 16 heavy (non-hydrogen) atoms. The number of carboxylic acids is 1. The maximum atomic E-state index is 10.7. The van der Waals surface area contributed by atoms with Crippen molar-refractivity contribution in [3.8, 4) is 0 Å². The van der Waals surface area contributed by atoms with Crippen LogP contribution in [0.5, 0.6) is 0 Å². The monoisotopic (exact) mass is 238 g/mol. The van der Waals surface area contributed by atoms with Crippen LogP contribution in [0.2, 0.25) is 5.02 Å². The number of benzene rings is 1. The molecule has 1 atom stereocenters. The second-order valence-corrected chi connectivity index (χ2v) is 4.08. The molecule has 1 aliphatic rings. The van der Waals surface area contributed by atoms with Crippen LogP contribution in [0.25, 0.3) is 0 Å². The van der Waals surface area contributed by atoms with Crippen LogP contribution in [0.1, 0.15) is 6.42 Å². The van der Waals surface area contributed by atoms with Crippen LogP contribution in [0, 0.1) is 0 Å². The Kier molecular flexibility index (Phi) is 3.10. The van der Waals surface area contributed by atoms with Crippen LogP contribution in [0.4, 0.5) is 5.69 Å². The number of halogens is 1. The van der Waals surface area contributed by atoms with Crippen molar-refractivity contribution in [2.45, 2.75) is 12.5 Å². The van der Waals surface area contributed by atoms with Gasteiger partial charge in [-0.2, -0.15) is 0 Å². The van der Waals surface area contributed by atoms with Crippen LogP contribution >= 0.6 is 11.6 Å². The predicted octanol–water partition coefficient (Wildman–Crippen LogP) is 2.05. The Morgan fingerprint density at radius 1 is 1.56 bits per heavy atom. The molecule has 1 aromatic rings. The van der Waals surface area contributed by atoms with E-state index < -0.39 is 5.97 Å². The Morgan fingerprint density at radius 3 is 3.00 bits per heavy atom. The maximum Gasteiger partial charge on any atom is 0.349 e. The number of hydrogen-bond donors (Lipinski definition) is 2. The fraction of sp³-hybridized carbons (Fsp3) is 0.273. The minimum absolute atomic E-state index is 0.0459. The summed E-state index contributed by atoms with van der Waals surface area (Å²) in [5.41, 5.74) is 1.12. The molecule has 0 spiro atoms. The molecule has 0 aliphatic carbocycles. The van der Waals surface area contributed by atoms with Gasteiger partial charge >= 0.3 is 5.97 Å². The first-order valence-corrected chi connectivity index (χ1v) is 5.31. The highest BCUT2D eigenvalue weighted by atomic mass is 35.5. The van der Waals surface area contributed by atoms with Crippen molar-refractivity contribution in [2.24, 2.45) is 4.99 Å². The molecule has 0 aromatic heterocycles. The highest BCUT2D eigenvalue weighted by molar-refractivity contribution is 6.36. The quantitative estimate of drug-likeness (QED) is 0.847. The first kappa shape index (κ1) is 11.0. The summed E-state index contributed by atoms with van der Waals surface area (Å²) in [6, 6.07) is 7.38. The first-order valence-electron chi connectivity index (χ1n) is 4.94. The van der Waals surface area contributed by atoms with E-state index in [4.69, 9.17) is 16.7 Å². The third-order valence-electron chi connectivity index (χ3n) is 2.38. The fourth-order valence-electron chi connectivity index (χ4n) is 1.65. The number of hydrogen-bond acceptors (Lipinski definition) is 3. The zero-order valence-corrected chi connectivity index (χ0v) is 9.24. The van der Waals surface area contributed by atoms with Crippen LogP contribution in [-0.4, -0.2) is 29.4 Å². The van der Waals surface area contributed by atoms with Crippen molar-refractivity contribution in [3.63, 3.8) is 0 Å². The van der Waals surface area contributed by atoms with Crippen molar-refractivity contribution in [1.82, 2.24) is 0 Å². The molecular weight excluding hydrogens is 228 g/mol. The molecule has 1 aromatic carbocycles. The van der Waals surface area contributed by atoms with E-state index in [0.29, 0.717) is 18.0 Å². The highest BCUT2D eigenvalue weighted by Crippen LogP contribution is 2.18. The lowest BCUT2D eigenvalue weighted by atomic mass is 10.1. The molecular formula is C11H11ClN2O2. The summed E-state index contributed by atoms with van der Waals surface area (Å²) in [7, 11) is 0. The third-order valence-corrected chi connectivity index (χ3v) is 2.62. The van der Waals surface area contributed by atoms with Crippen LogP contribution in [0.15, 0.2) is 29.3 Å². The average Bonchev–Trinajstić information content (AvgIpc) is 2.66. The third kappa shape index (κ3) is 2.52. The molecule has 0 saturated heterocycles. The molecule has 0 saturated carbocycles. The summed E-state index contributed by atoms with van der Waals surface area (Å²) < 4.78 is 0. The van der Waals surface area contributed by atoms with Crippen LogP contribution in [-0.2, 0) is 4.79 Å². The topological polar surface area (TPSA) is 61.7 Å². The van der Waals surface area contributed by atoms with E-state index in [1.54, 1.807) is 12.1 Å². The Labute approximate surface area is 98.0 Å². The standard InChI is InChI=1S/C11H11ClN2O2/c12-7-2-1-3-8(4-7)14-9-5-10(11(15)16)13-6-9/h1-4,9,14H,5-6H2,(H,15,16). The highest BCUT2D eigenvalue weighted by Gasteiger charge is 2.22. The molecule has 1 unspecified atom stereocenters. The van der Waals surface area contributed by atoms with Gasteiger partial charge < -0.3 is 10.4 Å². The summed E-state index contributed by atoms with van der Waals surface area (Å²) in [5, 5.41) is 12.6. The molecule has 0 bridgehead atoms. The van der Waals surface area contributed by atoms with Gasteiger partial charge in [-0.1, -0.05) is 17.7 Å². The van der Waals surface area contributed by atoms with E-state index in [-0.39, 0.29) is 11.8 Å². The van der Waals surface area contributed by atoms with Gasteiger partial charge in [0.15, 0.2) is 0 Å². The van der Waals surface area contributed by atoms with E-state index in [9.17, 15) is 4.79 Å². The summed E-state index contributed by atoms with van der Waals surface area (Å²) >= 11 is 5.85. The zero-order chi connectivity index (χ0) is 11.5. The van der Waals surface area contributed by atoms with E-state index in [1.165, 1.54) is 0 Å². The molecule has 1 aliphatic heterocycles. The van der Waals surface area contributed by atoms with Gasteiger partial charge in [0.1, 0.15) is 5.71 Å². The SMILES string of the molecule is O=C(O)C1=NCC(Nc2cccc(Cl)c2)C1. The molecule has 5 heteroatoms. The van der Waals surface area contributed by atoms with E-state index in [2.05, 4.69) is 10.3 Å². The first-order chi connectivity index (χ1) is 7.65. The summed E-state index contributed by atoms with van der Waals surface area (Å²) in [4.78, 5) is 14.6. The molecule has 4 nitrogen and oxygen atoms in total. The van der Waals surface area contributed by atoms with Gasteiger partial charge in [0.2, 0.25) is 0 Å². The second kappa shape index (κ2) is 4.53. The molecule has 2 rings (SSSR count). The predicted molar refractivity (Wildman–Crippen MR) is 63.4 cm³/mol. The van der Waals surface area contributed by atoms with E-state index >= 15 is 0 Å². The molecule has 0 radical (unpaired) electrons. The number of rotatable bonds is 3. The van der Waals surface area contributed by atoms with Gasteiger partial charge in [-0.05, 0) is 18.2 Å². The molecule has 0 amide bonds. The minimum Gasteiger partial charge on any atom is -0.477 e. The van der Waals surface area contributed by atoms with Crippen LogP contribution < -0.4 is 5.32 Å². The van der Waals surface area contributed by atoms with E-state index in [1.807, 2.05) is 12.1 Å². The Balaban J connectivity index is 1.96. The van der Waals surface area contributed by atoms with Crippen molar-refractivity contribution < 1.29 is 9.90 Å². The lowest BCUT2D eigenvalue weighted by Gasteiger charge is -2.12. The minimum atomic E-state index is -0.935. The normalized spacial score (nSPS) is 19.3. The Bertz CT molecular complexity index is 445. The summed E-state index contributed by atoms with van der Waals surface area (Å²) in [6.45, 7) is 0.494. The number of aliphatic carboxylic acids is 1. The average molecular weight is 239 g/mol.